The number of hydrogen-bond acceptors (Lipinski definition) is 5. The number of piperidine rings is 1. The number of pyridine rings is 1. The van der Waals surface area contributed by atoms with Crippen LogP contribution >= 0.6 is 0 Å². The molecule has 108 valence electrons. The van der Waals surface area contributed by atoms with Crippen LogP contribution in [0.25, 0.3) is 0 Å². The smallest absolute Gasteiger partial charge is 0.286 e. The van der Waals surface area contributed by atoms with E-state index >= 15 is 0 Å². The molecular formula is C12H15N3O5. The van der Waals surface area contributed by atoms with E-state index in [9.17, 15) is 19.7 Å². The number of nitro groups is 1. The highest BCUT2D eigenvalue weighted by Crippen LogP contribution is 2.18. The summed E-state index contributed by atoms with van der Waals surface area (Å²) in [5.41, 5.74) is -1.18. The zero-order valence-corrected chi connectivity index (χ0v) is 10.7. The van der Waals surface area contributed by atoms with Gasteiger partial charge in [-0.15, -0.1) is 0 Å². The molecule has 2 N–H and O–H groups in total. The molecule has 2 heterocycles. The number of aliphatic hydroxyl groups excluding tert-OH is 1. The predicted octanol–water partition coefficient (Wildman–Crippen LogP) is 0.128. The van der Waals surface area contributed by atoms with Gasteiger partial charge in [0.15, 0.2) is 0 Å². The van der Waals surface area contributed by atoms with E-state index in [1.54, 1.807) is 0 Å². The molecule has 0 spiro atoms. The monoisotopic (exact) mass is 281 g/mol. The summed E-state index contributed by atoms with van der Waals surface area (Å²) in [7, 11) is 0. The SMILES string of the molecule is O=C(c1cc([N+](=O)[O-])c[nH]c1=O)N1CCC(CO)CC1. The van der Waals surface area contributed by atoms with Crippen LogP contribution in [-0.2, 0) is 0 Å². The first-order chi connectivity index (χ1) is 9.52. The van der Waals surface area contributed by atoms with Crippen LogP contribution in [0.3, 0.4) is 0 Å². The van der Waals surface area contributed by atoms with Gasteiger partial charge < -0.3 is 15.0 Å². The van der Waals surface area contributed by atoms with Gasteiger partial charge in [-0.05, 0) is 18.8 Å². The number of nitrogens with zero attached hydrogens (tertiary/aromatic N) is 2. The van der Waals surface area contributed by atoms with Crippen LogP contribution in [0.4, 0.5) is 5.69 Å². The molecule has 0 aromatic carbocycles. The Labute approximate surface area is 114 Å². The normalized spacial score (nSPS) is 16.1. The van der Waals surface area contributed by atoms with Crippen molar-refractivity contribution in [3.63, 3.8) is 0 Å². The van der Waals surface area contributed by atoms with E-state index in [4.69, 9.17) is 5.11 Å². The first-order valence-corrected chi connectivity index (χ1v) is 6.30. The van der Waals surface area contributed by atoms with Gasteiger partial charge in [0.1, 0.15) is 5.56 Å². The van der Waals surface area contributed by atoms with E-state index < -0.39 is 16.4 Å². The Morgan fingerprint density at radius 3 is 2.70 bits per heavy atom. The summed E-state index contributed by atoms with van der Waals surface area (Å²) in [5, 5.41) is 19.7. The van der Waals surface area contributed by atoms with Crippen LogP contribution in [0.2, 0.25) is 0 Å². The van der Waals surface area contributed by atoms with Crippen LogP contribution in [-0.4, -0.2) is 45.5 Å². The molecule has 1 aromatic rings. The highest BCUT2D eigenvalue weighted by atomic mass is 16.6. The van der Waals surface area contributed by atoms with Gasteiger partial charge in [0.2, 0.25) is 0 Å². The highest BCUT2D eigenvalue weighted by molar-refractivity contribution is 5.94. The van der Waals surface area contributed by atoms with Crippen LogP contribution in [0.1, 0.15) is 23.2 Å². The third kappa shape index (κ3) is 2.85. The molecule has 0 radical (unpaired) electrons. The van der Waals surface area contributed by atoms with Crippen LogP contribution in [0, 0.1) is 16.0 Å². The molecule has 0 bridgehead atoms. The minimum atomic E-state index is -0.662. The molecule has 0 saturated carbocycles. The number of aromatic nitrogens is 1. The fourth-order valence-electron chi connectivity index (χ4n) is 2.23. The summed E-state index contributed by atoms with van der Waals surface area (Å²) in [5.74, 6) is -0.339. The van der Waals surface area contributed by atoms with Gasteiger partial charge in [0, 0.05) is 25.8 Å². The topological polar surface area (TPSA) is 117 Å². The lowest BCUT2D eigenvalue weighted by Crippen LogP contribution is -2.41. The molecule has 8 nitrogen and oxygen atoms in total. The molecule has 1 aliphatic heterocycles. The zero-order valence-electron chi connectivity index (χ0n) is 10.7. The van der Waals surface area contributed by atoms with Crippen molar-refractivity contribution in [3.8, 4) is 0 Å². The van der Waals surface area contributed by atoms with Crippen LogP contribution < -0.4 is 5.56 Å². The minimum absolute atomic E-state index is 0.0828. The standard InChI is InChI=1S/C12H15N3O5/c16-7-8-1-3-14(4-2-8)12(18)10-5-9(15(19)20)6-13-11(10)17/h5-6,8,16H,1-4,7H2,(H,13,17). The lowest BCUT2D eigenvalue weighted by molar-refractivity contribution is -0.385. The summed E-state index contributed by atoms with van der Waals surface area (Å²) < 4.78 is 0. The third-order valence-corrected chi connectivity index (χ3v) is 3.49. The molecule has 1 aromatic heterocycles. The highest BCUT2D eigenvalue weighted by Gasteiger charge is 2.26. The summed E-state index contributed by atoms with van der Waals surface area (Å²) in [6.45, 7) is 0.956. The van der Waals surface area contributed by atoms with Crippen molar-refractivity contribution in [3.05, 3.63) is 38.3 Å². The van der Waals surface area contributed by atoms with Crippen molar-refractivity contribution in [2.45, 2.75) is 12.8 Å². The second kappa shape index (κ2) is 5.83. The summed E-state index contributed by atoms with van der Waals surface area (Å²) in [6, 6.07) is 0.999. The molecule has 1 saturated heterocycles. The molecule has 1 amide bonds. The van der Waals surface area contributed by atoms with Crippen LogP contribution in [0.5, 0.6) is 0 Å². The maximum Gasteiger partial charge on any atom is 0.286 e. The van der Waals surface area contributed by atoms with E-state index in [1.807, 2.05) is 0 Å². The molecule has 2 rings (SSSR count). The molecule has 8 heteroatoms. The minimum Gasteiger partial charge on any atom is -0.396 e. The largest absolute Gasteiger partial charge is 0.396 e. The predicted molar refractivity (Wildman–Crippen MR) is 69.4 cm³/mol. The lowest BCUT2D eigenvalue weighted by atomic mass is 9.97. The number of hydrogen-bond donors (Lipinski definition) is 2. The van der Waals surface area contributed by atoms with Gasteiger partial charge in [-0.3, -0.25) is 19.7 Å². The maximum absolute atomic E-state index is 12.2. The average Bonchev–Trinajstić information content (AvgIpc) is 2.47. The van der Waals surface area contributed by atoms with Crippen molar-refractivity contribution < 1.29 is 14.8 Å². The molecule has 0 atom stereocenters. The zero-order chi connectivity index (χ0) is 14.7. The summed E-state index contributed by atoms with van der Waals surface area (Å²) >= 11 is 0. The second-order valence-corrected chi connectivity index (χ2v) is 4.78. The first kappa shape index (κ1) is 14.2. The van der Waals surface area contributed by atoms with Gasteiger partial charge in [0.05, 0.1) is 11.1 Å². The van der Waals surface area contributed by atoms with Crippen molar-refractivity contribution in [2.24, 2.45) is 5.92 Å². The molecule has 1 fully saturated rings. The number of rotatable bonds is 3. The van der Waals surface area contributed by atoms with Gasteiger partial charge in [0.25, 0.3) is 17.2 Å². The lowest BCUT2D eigenvalue weighted by Gasteiger charge is -2.30. The fraction of sp³-hybridized carbons (Fsp3) is 0.500. The van der Waals surface area contributed by atoms with Gasteiger partial charge in [-0.2, -0.15) is 0 Å². The van der Waals surface area contributed by atoms with Gasteiger partial charge >= 0.3 is 0 Å². The van der Waals surface area contributed by atoms with E-state index in [0.29, 0.717) is 25.9 Å². The van der Waals surface area contributed by atoms with Crippen molar-refractivity contribution in [2.75, 3.05) is 19.7 Å². The number of carbonyl (C=O) groups excluding carboxylic acids is 1. The van der Waals surface area contributed by atoms with Crippen LogP contribution in [0.15, 0.2) is 17.1 Å². The maximum atomic E-state index is 12.2. The number of aliphatic hydroxyl groups is 1. The number of amides is 1. The number of nitrogens with one attached hydrogen (secondary N) is 1. The number of H-pyrrole nitrogens is 1. The first-order valence-electron chi connectivity index (χ1n) is 6.30. The number of likely N-dealkylation sites (tertiary alicyclic amines) is 1. The van der Waals surface area contributed by atoms with Crippen molar-refractivity contribution >= 4 is 11.6 Å². The van der Waals surface area contributed by atoms with E-state index in [-0.39, 0.29) is 23.8 Å². The Hall–Kier alpha value is -2.22. The molecule has 20 heavy (non-hydrogen) atoms. The fourth-order valence-corrected chi connectivity index (χ4v) is 2.23. The third-order valence-electron chi connectivity index (χ3n) is 3.49. The Morgan fingerprint density at radius 1 is 1.50 bits per heavy atom. The van der Waals surface area contributed by atoms with Crippen molar-refractivity contribution in [1.82, 2.24) is 9.88 Å². The van der Waals surface area contributed by atoms with Crippen molar-refractivity contribution in [1.29, 1.82) is 0 Å². The molecule has 0 aliphatic carbocycles. The Morgan fingerprint density at radius 2 is 2.15 bits per heavy atom. The molecular weight excluding hydrogens is 266 g/mol. The molecule has 0 unspecified atom stereocenters. The Bertz CT molecular complexity index is 575. The van der Waals surface area contributed by atoms with E-state index in [2.05, 4.69) is 4.98 Å². The number of carbonyl (C=O) groups is 1. The Balaban J connectivity index is 2.19. The number of aromatic amines is 1. The average molecular weight is 281 g/mol. The van der Waals surface area contributed by atoms with Gasteiger partial charge in [-0.25, -0.2) is 0 Å². The molecule has 1 aliphatic rings. The summed E-state index contributed by atoms with van der Waals surface area (Å²) in [4.78, 5) is 37.5. The Kier molecular flexibility index (Phi) is 4.14. The van der Waals surface area contributed by atoms with E-state index in [0.717, 1.165) is 12.3 Å². The summed E-state index contributed by atoms with van der Waals surface area (Å²) in [6.07, 6.45) is 2.29. The van der Waals surface area contributed by atoms with Gasteiger partial charge in [-0.1, -0.05) is 0 Å². The second-order valence-electron chi connectivity index (χ2n) is 4.78. The van der Waals surface area contributed by atoms with E-state index in [1.165, 1.54) is 4.90 Å². The quantitative estimate of drug-likeness (QED) is 0.603.